The fourth-order valence-corrected chi connectivity index (χ4v) is 3.45. The Morgan fingerprint density at radius 1 is 0.879 bits per heavy atom. The predicted molar refractivity (Wildman–Crippen MR) is 136 cm³/mol. The van der Waals surface area contributed by atoms with E-state index >= 15 is 0 Å². The van der Waals surface area contributed by atoms with Crippen molar-refractivity contribution >= 4 is 11.9 Å². The van der Waals surface area contributed by atoms with Crippen molar-refractivity contribution in [3.8, 4) is 11.5 Å². The summed E-state index contributed by atoms with van der Waals surface area (Å²) in [6.45, 7) is 4.01. The molecule has 0 bridgehead atoms. The monoisotopic (exact) mass is 457 g/mol. The average Bonchev–Trinajstić information content (AvgIpc) is 2.80. The van der Waals surface area contributed by atoms with Gasteiger partial charge in [-0.25, -0.2) is 0 Å². The van der Waals surface area contributed by atoms with E-state index in [9.17, 15) is 9.59 Å². The lowest BCUT2D eigenvalue weighted by Crippen LogP contribution is -2.22. The summed E-state index contributed by atoms with van der Waals surface area (Å²) in [7, 11) is 1.52. The number of hydrogen-bond acceptors (Lipinski definition) is 4. The quantitative estimate of drug-likeness (QED) is 0.111. The molecule has 0 saturated heterocycles. The van der Waals surface area contributed by atoms with Crippen LogP contribution in [0.15, 0.2) is 42.5 Å². The van der Waals surface area contributed by atoms with Crippen molar-refractivity contribution in [2.24, 2.45) is 0 Å². The highest BCUT2D eigenvalue weighted by molar-refractivity contribution is 5.75. The number of methoxy groups -OCH3 is 1. The highest BCUT2D eigenvalue weighted by atomic mass is 16.6. The largest absolute Gasteiger partial charge is 0.493 e. The third kappa shape index (κ3) is 15.0. The molecule has 0 aromatic heterocycles. The van der Waals surface area contributed by atoms with Crippen molar-refractivity contribution in [2.45, 2.75) is 97.4 Å². The minimum absolute atomic E-state index is 0.0590. The summed E-state index contributed by atoms with van der Waals surface area (Å²) in [4.78, 5) is 23.2. The van der Waals surface area contributed by atoms with Gasteiger partial charge in [0.25, 0.3) is 0 Å². The van der Waals surface area contributed by atoms with Gasteiger partial charge in [-0.3, -0.25) is 9.59 Å². The number of esters is 1. The molecule has 1 aromatic carbocycles. The van der Waals surface area contributed by atoms with Crippen LogP contribution in [-0.2, 0) is 16.1 Å². The lowest BCUT2D eigenvalue weighted by Gasteiger charge is -2.11. The number of allylic oxidation sites excluding steroid dienone is 4. The van der Waals surface area contributed by atoms with Gasteiger partial charge in [0.05, 0.1) is 7.11 Å². The summed E-state index contributed by atoms with van der Waals surface area (Å²) >= 11 is 0. The van der Waals surface area contributed by atoms with Gasteiger partial charge in [-0.15, -0.1) is 0 Å². The van der Waals surface area contributed by atoms with Crippen LogP contribution in [0.4, 0.5) is 0 Å². The van der Waals surface area contributed by atoms with Gasteiger partial charge in [-0.1, -0.05) is 69.4 Å². The lowest BCUT2D eigenvalue weighted by atomic mass is 10.1. The van der Waals surface area contributed by atoms with Crippen LogP contribution in [0, 0.1) is 0 Å². The molecule has 0 spiro atoms. The first-order valence-electron chi connectivity index (χ1n) is 12.5. The minimum atomic E-state index is -0.397. The van der Waals surface area contributed by atoms with E-state index in [0.717, 1.165) is 31.2 Å². The van der Waals surface area contributed by atoms with E-state index in [1.165, 1.54) is 59.0 Å². The molecular formula is C28H43NO4. The lowest BCUT2D eigenvalue weighted by molar-refractivity contribution is -0.132. The number of rotatable bonds is 18. The summed E-state index contributed by atoms with van der Waals surface area (Å²) < 4.78 is 10.4. The van der Waals surface area contributed by atoms with E-state index in [-0.39, 0.29) is 5.91 Å². The third-order valence-electron chi connectivity index (χ3n) is 5.33. The molecular weight excluding hydrogens is 414 g/mol. The summed E-state index contributed by atoms with van der Waals surface area (Å²) in [6.07, 6.45) is 22.6. The molecule has 5 heteroatoms. The van der Waals surface area contributed by atoms with Crippen LogP contribution < -0.4 is 14.8 Å². The highest BCUT2D eigenvalue weighted by Gasteiger charge is 2.09. The van der Waals surface area contributed by atoms with Crippen LogP contribution in [0.5, 0.6) is 11.5 Å². The van der Waals surface area contributed by atoms with Crippen molar-refractivity contribution in [1.82, 2.24) is 5.32 Å². The van der Waals surface area contributed by atoms with Gasteiger partial charge >= 0.3 is 5.97 Å². The third-order valence-corrected chi connectivity index (χ3v) is 5.33. The Labute approximate surface area is 200 Å². The second-order valence-corrected chi connectivity index (χ2v) is 8.34. The maximum atomic E-state index is 12.1. The molecule has 0 radical (unpaired) electrons. The molecule has 5 nitrogen and oxygen atoms in total. The number of carbonyl (C=O) groups excluding carboxylic acids is 2. The first-order chi connectivity index (χ1) is 16.1. The first kappa shape index (κ1) is 28.5. The first-order valence-corrected chi connectivity index (χ1v) is 12.5. The van der Waals surface area contributed by atoms with Crippen LogP contribution >= 0.6 is 0 Å². The van der Waals surface area contributed by atoms with Gasteiger partial charge < -0.3 is 14.8 Å². The van der Waals surface area contributed by atoms with E-state index in [1.54, 1.807) is 12.1 Å². The normalized spacial score (nSPS) is 11.2. The molecule has 1 aromatic rings. The van der Waals surface area contributed by atoms with Crippen LogP contribution in [0.2, 0.25) is 0 Å². The molecule has 184 valence electrons. The smallest absolute Gasteiger partial charge is 0.308 e. The van der Waals surface area contributed by atoms with Crippen LogP contribution in [-0.4, -0.2) is 19.0 Å². The number of hydrogen-bond donors (Lipinski definition) is 1. The predicted octanol–water partition coefficient (Wildman–Crippen LogP) is 7.05. The van der Waals surface area contributed by atoms with Crippen molar-refractivity contribution in [2.75, 3.05) is 7.11 Å². The molecule has 0 atom stereocenters. The molecule has 0 fully saturated rings. The van der Waals surface area contributed by atoms with Gasteiger partial charge in [-0.05, 0) is 56.2 Å². The number of nitrogens with one attached hydrogen (secondary N) is 1. The molecule has 0 aliphatic carbocycles. The van der Waals surface area contributed by atoms with E-state index in [1.807, 2.05) is 6.07 Å². The Hall–Kier alpha value is -2.56. The van der Waals surface area contributed by atoms with Gasteiger partial charge in [-0.2, -0.15) is 0 Å². The number of benzene rings is 1. The molecule has 0 unspecified atom stereocenters. The Kier molecular flexibility index (Phi) is 16.4. The van der Waals surface area contributed by atoms with E-state index in [4.69, 9.17) is 9.47 Å². The molecule has 0 saturated carbocycles. The van der Waals surface area contributed by atoms with Crippen LogP contribution in [0.25, 0.3) is 0 Å². The Bertz CT molecular complexity index is 739. The van der Waals surface area contributed by atoms with E-state index in [2.05, 4.69) is 36.5 Å². The second kappa shape index (κ2) is 19.0. The number of ether oxygens (including phenoxy) is 2. The van der Waals surface area contributed by atoms with E-state index < -0.39 is 5.97 Å². The summed E-state index contributed by atoms with van der Waals surface area (Å²) in [5.41, 5.74) is 0.899. The number of unbranched alkanes of at least 4 members (excludes halogenated alkanes) is 8. The molecule has 0 aliphatic rings. The van der Waals surface area contributed by atoms with Crippen LogP contribution in [0.1, 0.15) is 96.5 Å². The molecule has 0 aliphatic heterocycles. The second-order valence-electron chi connectivity index (χ2n) is 8.34. The molecule has 0 heterocycles. The fourth-order valence-electron chi connectivity index (χ4n) is 3.45. The zero-order valence-electron chi connectivity index (χ0n) is 20.9. The zero-order valence-corrected chi connectivity index (χ0v) is 20.9. The van der Waals surface area contributed by atoms with E-state index in [0.29, 0.717) is 24.5 Å². The standard InChI is InChI=1S/C28H43NO4/c1-4-5-6-7-8-9-10-11-12-13-14-15-16-17-18-19-28(31)29-23-25-20-21-26(33-24(2)30)27(22-25)32-3/h8-9,11-12,20-22H,4-7,10,13-19,23H2,1-3H3,(H,29,31)/b9-8+,12-11+. The van der Waals surface area contributed by atoms with Crippen molar-refractivity contribution in [3.63, 3.8) is 0 Å². The maximum absolute atomic E-state index is 12.1. The summed E-state index contributed by atoms with van der Waals surface area (Å²) in [5.74, 6) is 0.520. The molecule has 33 heavy (non-hydrogen) atoms. The Morgan fingerprint density at radius 3 is 2.21 bits per heavy atom. The van der Waals surface area contributed by atoms with Gasteiger partial charge in [0.2, 0.25) is 5.91 Å². The van der Waals surface area contributed by atoms with Gasteiger partial charge in [0, 0.05) is 19.9 Å². The Balaban J connectivity index is 2.06. The molecule has 1 N–H and O–H groups in total. The van der Waals surface area contributed by atoms with Crippen molar-refractivity contribution in [3.05, 3.63) is 48.1 Å². The van der Waals surface area contributed by atoms with Gasteiger partial charge in [0.1, 0.15) is 0 Å². The van der Waals surface area contributed by atoms with Crippen molar-refractivity contribution in [1.29, 1.82) is 0 Å². The maximum Gasteiger partial charge on any atom is 0.308 e. The molecule has 1 rings (SSSR count). The topological polar surface area (TPSA) is 64.6 Å². The number of amides is 1. The summed E-state index contributed by atoms with van der Waals surface area (Å²) in [5, 5.41) is 2.94. The molecule has 1 amide bonds. The number of carbonyl (C=O) groups is 2. The summed E-state index contributed by atoms with van der Waals surface area (Å²) in [6, 6.07) is 5.28. The average molecular weight is 458 g/mol. The highest BCUT2D eigenvalue weighted by Crippen LogP contribution is 2.28. The Morgan fingerprint density at radius 2 is 1.55 bits per heavy atom. The van der Waals surface area contributed by atoms with Crippen LogP contribution in [0.3, 0.4) is 0 Å². The minimum Gasteiger partial charge on any atom is -0.493 e. The van der Waals surface area contributed by atoms with Crippen molar-refractivity contribution < 1.29 is 19.1 Å². The fraction of sp³-hybridized carbons (Fsp3) is 0.571. The SMILES string of the molecule is CCCCC/C=C/C/C=C/CCCCCCCC(=O)NCc1ccc(OC(C)=O)c(OC)c1. The zero-order chi connectivity index (χ0) is 24.2. The van der Waals surface area contributed by atoms with Gasteiger partial charge in [0.15, 0.2) is 11.5 Å².